The molecule has 1 aromatic carbocycles. The normalized spacial score (nSPS) is 23.5. The molecule has 166 valence electrons. The van der Waals surface area contributed by atoms with E-state index in [1.165, 1.54) is 75.3 Å². The summed E-state index contributed by atoms with van der Waals surface area (Å²) < 4.78 is 0. The van der Waals surface area contributed by atoms with Gasteiger partial charge in [-0.05, 0) is 55.1 Å². The predicted octanol–water partition coefficient (Wildman–Crippen LogP) is 4.57. The van der Waals surface area contributed by atoms with E-state index in [4.69, 9.17) is 0 Å². The Kier molecular flexibility index (Phi) is 7.83. The van der Waals surface area contributed by atoms with Crippen LogP contribution in [0.1, 0.15) is 81.4 Å². The van der Waals surface area contributed by atoms with Gasteiger partial charge in [-0.15, -0.1) is 0 Å². The van der Waals surface area contributed by atoms with Crippen LogP contribution in [0.4, 0.5) is 0 Å². The zero-order valence-electron chi connectivity index (χ0n) is 18.6. The molecule has 0 bridgehead atoms. The van der Waals surface area contributed by atoms with Crippen molar-refractivity contribution >= 4 is 5.91 Å². The van der Waals surface area contributed by atoms with Gasteiger partial charge in [0.2, 0.25) is 5.91 Å². The fraction of sp³-hybridized carbons (Fsp3) is 0.731. The summed E-state index contributed by atoms with van der Waals surface area (Å²) in [5.74, 6) is 1.55. The number of aliphatic hydroxyl groups excluding tert-OH is 1. The molecule has 0 radical (unpaired) electrons. The molecule has 1 atom stereocenters. The van der Waals surface area contributed by atoms with E-state index in [2.05, 4.69) is 34.1 Å². The van der Waals surface area contributed by atoms with Crippen LogP contribution in [0.5, 0.6) is 0 Å². The minimum absolute atomic E-state index is 0.134. The van der Waals surface area contributed by atoms with Gasteiger partial charge in [-0.25, -0.2) is 0 Å². The zero-order valence-corrected chi connectivity index (χ0v) is 18.6. The molecule has 30 heavy (non-hydrogen) atoms. The number of amides is 1. The lowest BCUT2D eigenvalue weighted by Gasteiger charge is -2.44. The zero-order chi connectivity index (χ0) is 20.8. The first-order valence-electron chi connectivity index (χ1n) is 12.5. The Morgan fingerprint density at radius 3 is 2.43 bits per heavy atom. The van der Waals surface area contributed by atoms with Crippen LogP contribution in [-0.4, -0.2) is 53.6 Å². The third-order valence-electron chi connectivity index (χ3n) is 7.76. The van der Waals surface area contributed by atoms with Crippen molar-refractivity contribution in [2.24, 2.45) is 11.8 Å². The molecule has 1 amide bonds. The number of nitrogens with zero attached hydrogens (tertiary/aromatic N) is 2. The molecule has 1 unspecified atom stereocenters. The second-order valence-electron chi connectivity index (χ2n) is 9.84. The third-order valence-corrected chi connectivity index (χ3v) is 7.76. The summed E-state index contributed by atoms with van der Waals surface area (Å²) in [5.41, 5.74) is 2.83. The number of rotatable bonds is 7. The minimum Gasteiger partial charge on any atom is -0.395 e. The molecule has 1 N–H and O–H groups in total. The van der Waals surface area contributed by atoms with Crippen molar-refractivity contribution in [1.82, 2.24) is 9.80 Å². The van der Waals surface area contributed by atoms with E-state index in [0.717, 1.165) is 19.5 Å². The molecule has 2 aliphatic carbocycles. The Bertz CT molecular complexity index is 679. The molecule has 2 fully saturated rings. The monoisotopic (exact) mass is 412 g/mol. The van der Waals surface area contributed by atoms with Crippen LogP contribution in [0.2, 0.25) is 0 Å². The number of hydrogen-bond acceptors (Lipinski definition) is 3. The second kappa shape index (κ2) is 10.8. The largest absolute Gasteiger partial charge is 0.395 e. The maximum Gasteiger partial charge on any atom is 0.237 e. The Labute approximate surface area is 182 Å². The van der Waals surface area contributed by atoms with Crippen LogP contribution in [0, 0.1) is 11.8 Å². The van der Waals surface area contributed by atoms with E-state index in [-0.39, 0.29) is 18.6 Å². The molecule has 1 aromatic rings. The molecule has 3 aliphatic rings. The molecule has 1 heterocycles. The lowest BCUT2D eigenvalue weighted by molar-refractivity contribution is -0.137. The number of aliphatic hydroxyl groups is 1. The summed E-state index contributed by atoms with van der Waals surface area (Å²) >= 11 is 0. The van der Waals surface area contributed by atoms with Gasteiger partial charge in [0.1, 0.15) is 0 Å². The summed E-state index contributed by atoms with van der Waals surface area (Å²) in [4.78, 5) is 18.0. The summed E-state index contributed by atoms with van der Waals surface area (Å²) in [6.07, 6.45) is 13.9. The Morgan fingerprint density at radius 1 is 1.00 bits per heavy atom. The average molecular weight is 413 g/mol. The number of fused-ring (bicyclic) bond motifs is 1. The van der Waals surface area contributed by atoms with Crippen LogP contribution >= 0.6 is 0 Å². The van der Waals surface area contributed by atoms with Crippen molar-refractivity contribution in [2.75, 3.05) is 32.8 Å². The number of carbonyl (C=O) groups excluding carboxylic acids is 1. The third kappa shape index (κ3) is 5.26. The highest BCUT2D eigenvalue weighted by molar-refractivity contribution is 5.79. The Morgan fingerprint density at radius 2 is 1.70 bits per heavy atom. The lowest BCUT2D eigenvalue weighted by atomic mass is 9.77. The molecule has 1 aliphatic heterocycles. The molecule has 4 rings (SSSR count). The lowest BCUT2D eigenvalue weighted by Crippen LogP contribution is -2.48. The maximum absolute atomic E-state index is 13.6. The Balaban J connectivity index is 1.48. The van der Waals surface area contributed by atoms with Crippen molar-refractivity contribution in [3.05, 3.63) is 35.4 Å². The number of carbonyl (C=O) groups is 1. The van der Waals surface area contributed by atoms with E-state index in [1.807, 2.05) is 0 Å². The van der Waals surface area contributed by atoms with Gasteiger partial charge in [0.05, 0.1) is 19.2 Å². The maximum atomic E-state index is 13.6. The van der Waals surface area contributed by atoms with Gasteiger partial charge < -0.3 is 10.0 Å². The Hall–Kier alpha value is -1.39. The first kappa shape index (κ1) is 21.8. The summed E-state index contributed by atoms with van der Waals surface area (Å²) in [6, 6.07) is 9.05. The van der Waals surface area contributed by atoms with Gasteiger partial charge in [0.25, 0.3) is 0 Å². The molecular weight excluding hydrogens is 372 g/mol. The summed E-state index contributed by atoms with van der Waals surface area (Å²) in [5, 5.41) is 9.61. The van der Waals surface area contributed by atoms with Gasteiger partial charge in [-0.3, -0.25) is 9.69 Å². The van der Waals surface area contributed by atoms with Gasteiger partial charge in [-0.2, -0.15) is 0 Å². The van der Waals surface area contributed by atoms with E-state index >= 15 is 0 Å². The molecule has 4 nitrogen and oxygen atoms in total. The molecule has 0 aromatic heterocycles. The van der Waals surface area contributed by atoms with E-state index in [1.54, 1.807) is 0 Å². The van der Waals surface area contributed by atoms with Gasteiger partial charge in [0, 0.05) is 19.6 Å². The van der Waals surface area contributed by atoms with Crippen LogP contribution in [0.15, 0.2) is 24.3 Å². The summed E-state index contributed by atoms with van der Waals surface area (Å²) in [7, 11) is 0. The highest BCUT2D eigenvalue weighted by atomic mass is 16.3. The van der Waals surface area contributed by atoms with Crippen LogP contribution in [0.25, 0.3) is 0 Å². The fourth-order valence-electron chi connectivity index (χ4n) is 6.23. The van der Waals surface area contributed by atoms with Crippen LogP contribution in [0.3, 0.4) is 0 Å². The van der Waals surface area contributed by atoms with Crippen molar-refractivity contribution in [3.8, 4) is 0 Å². The minimum atomic E-state index is 0.134. The molecule has 4 heteroatoms. The second-order valence-corrected chi connectivity index (χ2v) is 9.84. The first-order valence-corrected chi connectivity index (χ1v) is 12.5. The molecule has 0 saturated heterocycles. The average Bonchev–Trinajstić information content (AvgIpc) is 2.79. The van der Waals surface area contributed by atoms with Gasteiger partial charge in [-0.1, -0.05) is 62.8 Å². The fourth-order valence-corrected chi connectivity index (χ4v) is 6.23. The number of benzene rings is 1. The summed E-state index contributed by atoms with van der Waals surface area (Å²) in [6.45, 7) is 3.01. The quantitative estimate of drug-likeness (QED) is 0.714. The topological polar surface area (TPSA) is 43.8 Å². The highest BCUT2D eigenvalue weighted by Crippen LogP contribution is 2.42. The molecule has 0 spiro atoms. The molecule has 2 saturated carbocycles. The van der Waals surface area contributed by atoms with Gasteiger partial charge in [0.15, 0.2) is 0 Å². The van der Waals surface area contributed by atoms with E-state index in [9.17, 15) is 9.90 Å². The molecular formula is C26H40N2O2. The van der Waals surface area contributed by atoms with Gasteiger partial charge >= 0.3 is 0 Å². The van der Waals surface area contributed by atoms with E-state index in [0.29, 0.717) is 24.9 Å². The van der Waals surface area contributed by atoms with Crippen LogP contribution < -0.4 is 0 Å². The smallest absolute Gasteiger partial charge is 0.237 e. The van der Waals surface area contributed by atoms with Crippen molar-refractivity contribution in [3.63, 3.8) is 0 Å². The van der Waals surface area contributed by atoms with E-state index < -0.39 is 0 Å². The predicted molar refractivity (Wildman–Crippen MR) is 121 cm³/mol. The van der Waals surface area contributed by atoms with Crippen molar-refractivity contribution in [2.45, 2.75) is 76.7 Å². The first-order chi connectivity index (χ1) is 14.8. The van der Waals surface area contributed by atoms with Crippen molar-refractivity contribution < 1.29 is 9.90 Å². The van der Waals surface area contributed by atoms with Crippen molar-refractivity contribution in [1.29, 1.82) is 0 Å². The SMILES string of the molecule is O=C(CN(CCO)CC1CCCCC1)N1CCc2ccccc2C1C1CCCCC1. The standard InChI is InChI=1S/C26H40N2O2/c29-18-17-27(19-21-9-3-1-4-10-21)20-25(30)28-16-15-22-11-7-8-14-24(22)26(28)23-12-5-2-6-13-23/h7-8,11,14,21,23,26,29H,1-6,9-10,12-13,15-20H2. The highest BCUT2D eigenvalue weighted by Gasteiger charge is 2.37. The van der Waals surface area contributed by atoms with Crippen LogP contribution in [-0.2, 0) is 11.2 Å². The number of hydrogen-bond donors (Lipinski definition) is 1.